The van der Waals surface area contributed by atoms with E-state index < -0.39 is 17.7 Å². The Labute approximate surface area is 165 Å². The number of amides is 2. The lowest BCUT2D eigenvalue weighted by Crippen LogP contribution is -2.58. The third-order valence-corrected chi connectivity index (χ3v) is 4.15. The number of piperazine rings is 1. The van der Waals surface area contributed by atoms with Gasteiger partial charge in [0.1, 0.15) is 12.2 Å². The van der Waals surface area contributed by atoms with Crippen molar-refractivity contribution in [1.82, 2.24) is 4.90 Å². The number of carbonyl (C=O) groups is 3. The summed E-state index contributed by atoms with van der Waals surface area (Å²) >= 11 is 0. The van der Waals surface area contributed by atoms with Crippen LogP contribution in [-0.4, -0.2) is 60.8 Å². The summed E-state index contributed by atoms with van der Waals surface area (Å²) in [5.41, 5.74) is 0.944. The number of benzene rings is 1. The summed E-state index contributed by atoms with van der Waals surface area (Å²) < 4.78 is 10.7. The predicted octanol–water partition coefficient (Wildman–Crippen LogP) is 2.63. The second-order valence-electron chi connectivity index (χ2n) is 7.77. The summed E-state index contributed by atoms with van der Waals surface area (Å²) in [5.74, 6) is -0.559. The molecule has 1 unspecified atom stereocenters. The molecule has 1 fully saturated rings. The number of nitrogens with zero attached hydrogens (tertiary/aromatic N) is 2. The number of ether oxygens (including phenoxy) is 2. The fraction of sp³-hybridized carbons (Fsp3) is 0.550. The lowest BCUT2D eigenvalue weighted by atomic mass is 10.1. The summed E-state index contributed by atoms with van der Waals surface area (Å²) in [4.78, 5) is 39.1. The average molecular weight is 391 g/mol. The normalized spacial score (nSPS) is 17.1. The van der Waals surface area contributed by atoms with Crippen LogP contribution in [0.3, 0.4) is 0 Å². The highest BCUT2D eigenvalue weighted by Crippen LogP contribution is 2.28. The summed E-state index contributed by atoms with van der Waals surface area (Å²) in [6.07, 6.45) is -0.431. The Morgan fingerprint density at radius 2 is 1.82 bits per heavy atom. The molecule has 1 heterocycles. The van der Waals surface area contributed by atoms with Crippen LogP contribution in [0.25, 0.3) is 0 Å². The maximum absolute atomic E-state index is 12.6. The fourth-order valence-electron chi connectivity index (χ4n) is 3.04. The minimum atomic E-state index is -0.613. The monoisotopic (exact) mass is 391 g/mol. The molecule has 1 N–H and O–H groups in total. The zero-order chi connectivity index (χ0) is 20.9. The van der Waals surface area contributed by atoms with E-state index in [9.17, 15) is 14.4 Å². The fourth-order valence-corrected chi connectivity index (χ4v) is 3.04. The largest absolute Gasteiger partial charge is 0.464 e. The van der Waals surface area contributed by atoms with Gasteiger partial charge in [0.25, 0.3) is 0 Å². The highest BCUT2D eigenvalue weighted by Gasteiger charge is 2.34. The molecule has 1 aliphatic heterocycles. The number of anilines is 2. The molecule has 0 bridgehead atoms. The van der Waals surface area contributed by atoms with Crippen molar-refractivity contribution < 1.29 is 23.9 Å². The number of rotatable bonds is 4. The molecule has 1 atom stereocenters. The van der Waals surface area contributed by atoms with E-state index in [1.54, 1.807) is 4.90 Å². The van der Waals surface area contributed by atoms with Gasteiger partial charge in [-0.3, -0.25) is 14.5 Å². The molecule has 2 rings (SSSR count). The van der Waals surface area contributed by atoms with Gasteiger partial charge in [0.05, 0.1) is 17.4 Å². The van der Waals surface area contributed by atoms with Crippen LogP contribution in [0.4, 0.5) is 16.2 Å². The molecule has 0 radical (unpaired) electrons. The lowest BCUT2D eigenvalue weighted by molar-refractivity contribution is -0.142. The Balaban J connectivity index is 2.21. The van der Waals surface area contributed by atoms with Gasteiger partial charge >= 0.3 is 12.1 Å². The SMILES string of the molecule is CC(=O)Nc1ccccc1N1CCN(C(=O)OC(C)(C)C)C(COC(C)=O)C1. The third kappa shape index (κ3) is 6.14. The van der Waals surface area contributed by atoms with Crippen LogP contribution in [0.2, 0.25) is 0 Å². The molecule has 8 heteroatoms. The Morgan fingerprint density at radius 1 is 1.14 bits per heavy atom. The van der Waals surface area contributed by atoms with Crippen LogP contribution in [0.15, 0.2) is 24.3 Å². The van der Waals surface area contributed by atoms with E-state index in [0.29, 0.717) is 25.3 Å². The Bertz CT molecular complexity index is 729. The first kappa shape index (κ1) is 21.5. The van der Waals surface area contributed by atoms with Crippen LogP contribution in [-0.2, 0) is 19.1 Å². The van der Waals surface area contributed by atoms with E-state index in [4.69, 9.17) is 9.47 Å². The molecule has 1 aromatic carbocycles. The maximum atomic E-state index is 12.6. The first-order valence-electron chi connectivity index (χ1n) is 9.31. The number of para-hydroxylation sites is 2. The first-order chi connectivity index (χ1) is 13.1. The molecule has 1 saturated heterocycles. The number of carbonyl (C=O) groups excluding carboxylic acids is 3. The second kappa shape index (κ2) is 8.95. The van der Waals surface area contributed by atoms with E-state index in [1.165, 1.54) is 13.8 Å². The van der Waals surface area contributed by atoms with Gasteiger partial charge in [0.2, 0.25) is 5.91 Å². The molecule has 1 aliphatic rings. The molecule has 0 saturated carbocycles. The molecule has 154 valence electrons. The van der Waals surface area contributed by atoms with E-state index >= 15 is 0 Å². The zero-order valence-corrected chi connectivity index (χ0v) is 17.2. The molecule has 0 aromatic heterocycles. The van der Waals surface area contributed by atoms with Crippen LogP contribution >= 0.6 is 0 Å². The molecule has 2 amide bonds. The molecule has 1 aromatic rings. The highest BCUT2D eigenvalue weighted by molar-refractivity contribution is 5.92. The van der Waals surface area contributed by atoms with Crippen LogP contribution in [0.1, 0.15) is 34.6 Å². The number of hydrogen-bond donors (Lipinski definition) is 1. The van der Waals surface area contributed by atoms with Crippen LogP contribution in [0, 0.1) is 0 Å². The van der Waals surface area contributed by atoms with Crippen molar-refractivity contribution in [1.29, 1.82) is 0 Å². The number of nitrogens with one attached hydrogen (secondary N) is 1. The van der Waals surface area contributed by atoms with Crippen molar-refractivity contribution >= 4 is 29.3 Å². The second-order valence-corrected chi connectivity index (χ2v) is 7.77. The van der Waals surface area contributed by atoms with Gasteiger partial charge in [-0.1, -0.05) is 12.1 Å². The first-order valence-corrected chi connectivity index (χ1v) is 9.31. The van der Waals surface area contributed by atoms with E-state index in [0.717, 1.165) is 5.69 Å². The topological polar surface area (TPSA) is 88.2 Å². The minimum Gasteiger partial charge on any atom is -0.464 e. The molecule has 0 spiro atoms. The molecule has 0 aliphatic carbocycles. The van der Waals surface area contributed by atoms with Crippen molar-refractivity contribution in [3.8, 4) is 0 Å². The molecular weight excluding hydrogens is 362 g/mol. The molecule has 28 heavy (non-hydrogen) atoms. The average Bonchev–Trinajstić information content (AvgIpc) is 2.58. The number of esters is 1. The Morgan fingerprint density at radius 3 is 2.43 bits per heavy atom. The summed E-state index contributed by atoms with van der Waals surface area (Å²) in [5, 5.41) is 2.83. The van der Waals surface area contributed by atoms with Crippen LogP contribution < -0.4 is 10.2 Å². The van der Waals surface area contributed by atoms with Gasteiger partial charge in [0.15, 0.2) is 0 Å². The smallest absolute Gasteiger partial charge is 0.410 e. The van der Waals surface area contributed by atoms with Crippen molar-refractivity contribution in [2.24, 2.45) is 0 Å². The van der Waals surface area contributed by atoms with Gasteiger partial charge < -0.3 is 19.7 Å². The Hall–Kier alpha value is -2.77. The van der Waals surface area contributed by atoms with Gasteiger partial charge in [-0.05, 0) is 32.9 Å². The highest BCUT2D eigenvalue weighted by atomic mass is 16.6. The van der Waals surface area contributed by atoms with Crippen molar-refractivity contribution in [2.75, 3.05) is 36.5 Å². The molecular formula is C20H29N3O5. The van der Waals surface area contributed by atoms with Crippen molar-refractivity contribution in [2.45, 2.75) is 46.3 Å². The maximum Gasteiger partial charge on any atom is 0.410 e. The standard InChI is InChI=1S/C20H29N3O5/c1-14(24)21-17-8-6-7-9-18(17)22-10-11-23(19(26)28-20(3,4)5)16(12-22)13-27-15(2)25/h6-9,16H,10-13H2,1-5H3,(H,21,24). The van der Waals surface area contributed by atoms with E-state index in [1.807, 2.05) is 45.0 Å². The summed E-state index contributed by atoms with van der Waals surface area (Å²) in [7, 11) is 0. The van der Waals surface area contributed by atoms with E-state index in [2.05, 4.69) is 10.2 Å². The predicted molar refractivity (Wildman–Crippen MR) is 106 cm³/mol. The number of hydrogen-bond acceptors (Lipinski definition) is 6. The third-order valence-electron chi connectivity index (χ3n) is 4.15. The summed E-state index contributed by atoms with van der Waals surface area (Å²) in [6, 6.07) is 7.12. The molecule has 8 nitrogen and oxygen atoms in total. The van der Waals surface area contributed by atoms with Crippen LogP contribution in [0.5, 0.6) is 0 Å². The van der Waals surface area contributed by atoms with Gasteiger partial charge in [0, 0.05) is 33.5 Å². The van der Waals surface area contributed by atoms with Crippen molar-refractivity contribution in [3.63, 3.8) is 0 Å². The quantitative estimate of drug-likeness (QED) is 0.794. The van der Waals surface area contributed by atoms with Gasteiger partial charge in [-0.15, -0.1) is 0 Å². The lowest BCUT2D eigenvalue weighted by Gasteiger charge is -2.42. The summed E-state index contributed by atoms with van der Waals surface area (Å²) in [6.45, 7) is 9.73. The zero-order valence-electron chi connectivity index (χ0n) is 17.2. The van der Waals surface area contributed by atoms with Gasteiger partial charge in [-0.2, -0.15) is 0 Å². The van der Waals surface area contributed by atoms with Gasteiger partial charge in [-0.25, -0.2) is 4.79 Å². The van der Waals surface area contributed by atoms with Crippen molar-refractivity contribution in [3.05, 3.63) is 24.3 Å². The Kier molecular flexibility index (Phi) is 6.88. The van der Waals surface area contributed by atoms with E-state index in [-0.39, 0.29) is 18.6 Å². The minimum absolute atomic E-state index is 0.0768.